The average molecular weight is 306 g/mol. The zero-order chi connectivity index (χ0) is 15.9. The van der Waals surface area contributed by atoms with Crippen LogP contribution in [0, 0.1) is 0 Å². The lowest BCUT2D eigenvalue weighted by molar-refractivity contribution is 0.322. The van der Waals surface area contributed by atoms with Crippen LogP contribution in [0.15, 0.2) is 23.2 Å². The fourth-order valence-electron chi connectivity index (χ4n) is 2.75. The molecule has 2 N–H and O–H groups in total. The fraction of sp³-hybridized carbons (Fsp3) is 0.562. The fourth-order valence-corrected chi connectivity index (χ4v) is 2.75. The molecule has 1 aliphatic rings. The summed E-state index contributed by atoms with van der Waals surface area (Å²) in [5.41, 5.74) is 1.20. The van der Waals surface area contributed by atoms with E-state index < -0.39 is 0 Å². The van der Waals surface area contributed by atoms with E-state index in [-0.39, 0.29) is 0 Å². The first kappa shape index (κ1) is 16.4. The van der Waals surface area contributed by atoms with E-state index in [9.17, 15) is 0 Å². The molecule has 0 radical (unpaired) electrons. The van der Waals surface area contributed by atoms with Gasteiger partial charge in [-0.1, -0.05) is 0 Å². The molecule has 0 aliphatic carbocycles. The zero-order valence-corrected chi connectivity index (χ0v) is 13.8. The van der Waals surface area contributed by atoms with E-state index in [4.69, 9.17) is 9.47 Å². The molecule has 122 valence electrons. The molecule has 1 saturated heterocycles. The van der Waals surface area contributed by atoms with Gasteiger partial charge in [-0.25, -0.2) is 0 Å². The van der Waals surface area contributed by atoms with Gasteiger partial charge in [0.2, 0.25) is 0 Å². The Kier molecular flexibility index (Phi) is 5.89. The number of likely N-dealkylation sites (tertiary alicyclic amines) is 1. The summed E-state index contributed by atoms with van der Waals surface area (Å²) in [4.78, 5) is 6.59. The molecule has 0 saturated carbocycles. The minimum atomic E-state index is 0.429. The second kappa shape index (κ2) is 7.89. The van der Waals surface area contributed by atoms with Crippen molar-refractivity contribution in [2.75, 3.05) is 41.4 Å². The highest BCUT2D eigenvalue weighted by Gasteiger charge is 2.23. The highest BCUT2D eigenvalue weighted by Crippen LogP contribution is 2.24. The predicted octanol–water partition coefficient (Wildman–Crippen LogP) is 1.07. The van der Waals surface area contributed by atoms with Crippen molar-refractivity contribution in [3.63, 3.8) is 0 Å². The Morgan fingerprint density at radius 3 is 2.50 bits per heavy atom. The first-order valence-corrected chi connectivity index (χ1v) is 7.54. The average Bonchev–Trinajstić information content (AvgIpc) is 2.99. The Balaban J connectivity index is 1.95. The van der Waals surface area contributed by atoms with E-state index in [1.165, 1.54) is 5.56 Å². The number of guanidine groups is 1. The van der Waals surface area contributed by atoms with Crippen LogP contribution in [0.5, 0.6) is 11.5 Å². The molecule has 22 heavy (non-hydrogen) atoms. The molecule has 1 heterocycles. The molecule has 1 atom stereocenters. The lowest BCUT2D eigenvalue weighted by Crippen LogP contribution is -2.43. The molecule has 1 aromatic carbocycles. The van der Waals surface area contributed by atoms with Crippen LogP contribution in [0.2, 0.25) is 0 Å². The third-order valence-electron chi connectivity index (χ3n) is 3.89. The maximum Gasteiger partial charge on any atom is 0.190 e. The molecule has 1 unspecified atom stereocenters. The zero-order valence-electron chi connectivity index (χ0n) is 13.8. The monoisotopic (exact) mass is 306 g/mol. The number of methoxy groups -OCH3 is 2. The highest BCUT2D eigenvalue weighted by molar-refractivity contribution is 5.79. The van der Waals surface area contributed by atoms with E-state index in [2.05, 4.69) is 32.7 Å². The number of rotatable bonds is 5. The molecule has 2 rings (SSSR count). The molecular formula is C16H26N4O2. The largest absolute Gasteiger partial charge is 0.497 e. The van der Waals surface area contributed by atoms with Crippen LogP contribution in [0.3, 0.4) is 0 Å². The van der Waals surface area contributed by atoms with Crippen LogP contribution in [0.1, 0.15) is 12.0 Å². The molecule has 0 bridgehead atoms. The van der Waals surface area contributed by atoms with Crippen LogP contribution in [-0.2, 0) is 6.54 Å². The number of benzene rings is 1. The first-order valence-electron chi connectivity index (χ1n) is 7.54. The van der Waals surface area contributed by atoms with Crippen LogP contribution in [-0.4, -0.2) is 58.3 Å². The first-order chi connectivity index (χ1) is 10.7. The van der Waals surface area contributed by atoms with Crippen molar-refractivity contribution in [1.82, 2.24) is 15.5 Å². The van der Waals surface area contributed by atoms with Crippen LogP contribution < -0.4 is 20.1 Å². The summed E-state index contributed by atoms with van der Waals surface area (Å²) >= 11 is 0. The molecule has 6 heteroatoms. The SMILES string of the molecule is CN=C(NC)NC1CCN(Cc2cc(OC)cc(OC)c2)C1. The van der Waals surface area contributed by atoms with Crippen molar-refractivity contribution >= 4 is 5.96 Å². The van der Waals surface area contributed by atoms with Gasteiger partial charge in [0.05, 0.1) is 14.2 Å². The van der Waals surface area contributed by atoms with Gasteiger partial charge in [0.15, 0.2) is 5.96 Å². The summed E-state index contributed by atoms with van der Waals surface area (Å²) in [6, 6.07) is 6.46. The van der Waals surface area contributed by atoms with Crippen molar-refractivity contribution < 1.29 is 9.47 Å². The van der Waals surface area contributed by atoms with Gasteiger partial charge in [-0.2, -0.15) is 0 Å². The summed E-state index contributed by atoms with van der Waals surface area (Å²) < 4.78 is 10.7. The predicted molar refractivity (Wildman–Crippen MR) is 88.8 cm³/mol. The molecule has 0 aromatic heterocycles. The summed E-state index contributed by atoms with van der Waals surface area (Å²) in [5.74, 6) is 2.51. The molecule has 0 spiro atoms. The lowest BCUT2D eigenvalue weighted by atomic mass is 10.2. The highest BCUT2D eigenvalue weighted by atomic mass is 16.5. The van der Waals surface area contributed by atoms with E-state index in [0.29, 0.717) is 6.04 Å². The normalized spacial score (nSPS) is 19.1. The van der Waals surface area contributed by atoms with Gasteiger partial charge in [-0.15, -0.1) is 0 Å². The van der Waals surface area contributed by atoms with Gasteiger partial charge in [-0.3, -0.25) is 9.89 Å². The van der Waals surface area contributed by atoms with Gasteiger partial charge in [0.1, 0.15) is 11.5 Å². The van der Waals surface area contributed by atoms with Crippen molar-refractivity contribution in [3.05, 3.63) is 23.8 Å². The summed E-state index contributed by atoms with van der Waals surface area (Å²) in [6.45, 7) is 2.96. The lowest BCUT2D eigenvalue weighted by Gasteiger charge is -2.18. The van der Waals surface area contributed by atoms with Gasteiger partial charge in [-0.05, 0) is 24.1 Å². The second-order valence-corrected chi connectivity index (χ2v) is 5.41. The van der Waals surface area contributed by atoms with Crippen molar-refractivity contribution in [1.29, 1.82) is 0 Å². The molecule has 1 aliphatic heterocycles. The Hall–Kier alpha value is -1.95. The Labute approximate surface area is 132 Å². The third-order valence-corrected chi connectivity index (χ3v) is 3.89. The molecule has 6 nitrogen and oxygen atoms in total. The topological polar surface area (TPSA) is 58.1 Å². The molecule has 0 amide bonds. The second-order valence-electron chi connectivity index (χ2n) is 5.41. The number of hydrogen-bond acceptors (Lipinski definition) is 4. The van der Waals surface area contributed by atoms with Crippen LogP contribution in [0.4, 0.5) is 0 Å². The van der Waals surface area contributed by atoms with Gasteiger partial charge in [0, 0.05) is 45.8 Å². The number of hydrogen-bond donors (Lipinski definition) is 2. The van der Waals surface area contributed by atoms with Gasteiger partial charge >= 0.3 is 0 Å². The van der Waals surface area contributed by atoms with E-state index >= 15 is 0 Å². The molecule has 1 fully saturated rings. The minimum Gasteiger partial charge on any atom is -0.497 e. The molecule has 1 aromatic rings. The van der Waals surface area contributed by atoms with Crippen molar-refractivity contribution in [3.8, 4) is 11.5 Å². The number of nitrogens with zero attached hydrogens (tertiary/aromatic N) is 2. The standard InChI is InChI=1S/C16H26N4O2/c1-17-16(18-2)19-13-5-6-20(11-13)10-12-7-14(21-3)9-15(8-12)22-4/h7-9,13H,5-6,10-11H2,1-4H3,(H2,17,18,19). The Bertz CT molecular complexity index is 497. The maximum atomic E-state index is 5.33. The summed E-state index contributed by atoms with van der Waals surface area (Å²) in [5, 5.41) is 6.48. The summed E-state index contributed by atoms with van der Waals surface area (Å²) in [6.07, 6.45) is 1.11. The Morgan fingerprint density at radius 1 is 1.27 bits per heavy atom. The van der Waals surface area contributed by atoms with Gasteiger partial charge in [0.25, 0.3) is 0 Å². The van der Waals surface area contributed by atoms with E-state index in [1.54, 1.807) is 21.3 Å². The van der Waals surface area contributed by atoms with Crippen LogP contribution >= 0.6 is 0 Å². The van der Waals surface area contributed by atoms with Crippen LogP contribution in [0.25, 0.3) is 0 Å². The van der Waals surface area contributed by atoms with E-state index in [1.807, 2.05) is 13.1 Å². The van der Waals surface area contributed by atoms with Gasteiger partial charge < -0.3 is 20.1 Å². The van der Waals surface area contributed by atoms with E-state index in [0.717, 1.165) is 43.5 Å². The maximum absolute atomic E-state index is 5.33. The third kappa shape index (κ3) is 4.27. The molecular weight excluding hydrogens is 280 g/mol. The number of aliphatic imine (C=N–C) groups is 1. The Morgan fingerprint density at radius 2 is 1.95 bits per heavy atom. The van der Waals surface area contributed by atoms with Crippen molar-refractivity contribution in [2.24, 2.45) is 4.99 Å². The quantitative estimate of drug-likeness (QED) is 0.629. The summed E-state index contributed by atoms with van der Waals surface area (Å²) in [7, 11) is 7.02. The van der Waals surface area contributed by atoms with Crippen molar-refractivity contribution in [2.45, 2.75) is 19.0 Å². The number of nitrogens with one attached hydrogen (secondary N) is 2. The smallest absolute Gasteiger partial charge is 0.190 e. The minimum absolute atomic E-state index is 0.429. The number of ether oxygens (including phenoxy) is 2.